The molecule has 0 aliphatic carbocycles. The summed E-state index contributed by atoms with van der Waals surface area (Å²) in [5, 5.41) is 14.0. The van der Waals surface area contributed by atoms with E-state index in [4.69, 9.17) is 9.47 Å². The summed E-state index contributed by atoms with van der Waals surface area (Å²) in [4.78, 5) is 11.9. The summed E-state index contributed by atoms with van der Waals surface area (Å²) in [6, 6.07) is 12.9. The summed E-state index contributed by atoms with van der Waals surface area (Å²) >= 11 is 2.14. The van der Waals surface area contributed by atoms with Crippen molar-refractivity contribution in [2.45, 2.75) is 18.9 Å². The van der Waals surface area contributed by atoms with Crippen molar-refractivity contribution >= 4 is 34.7 Å². The predicted molar refractivity (Wildman–Crippen MR) is 109 cm³/mol. The summed E-state index contributed by atoms with van der Waals surface area (Å²) in [5.41, 5.74) is 4.04. The number of halogens is 1. The first-order valence-corrected chi connectivity index (χ1v) is 9.09. The number of carbonyl (C=O) groups is 1. The highest BCUT2D eigenvalue weighted by Crippen LogP contribution is 2.33. The lowest BCUT2D eigenvalue weighted by Gasteiger charge is -2.10. The summed E-state index contributed by atoms with van der Waals surface area (Å²) < 4.78 is 11.4. The Bertz CT molecular complexity index is 766. The van der Waals surface area contributed by atoms with Crippen LogP contribution in [0.2, 0.25) is 0 Å². The highest BCUT2D eigenvalue weighted by molar-refractivity contribution is 14.1. The van der Waals surface area contributed by atoms with Gasteiger partial charge in [-0.15, -0.1) is 0 Å². The number of aliphatic hydroxyl groups excluding tert-OH is 1. The van der Waals surface area contributed by atoms with Crippen molar-refractivity contribution in [2.75, 3.05) is 14.2 Å². The Morgan fingerprint density at radius 1 is 1.27 bits per heavy atom. The van der Waals surface area contributed by atoms with Gasteiger partial charge in [0, 0.05) is 6.42 Å². The van der Waals surface area contributed by atoms with Gasteiger partial charge in [-0.3, -0.25) is 4.79 Å². The number of ether oxygens (including phenoxy) is 2. The van der Waals surface area contributed by atoms with E-state index in [2.05, 4.69) is 33.1 Å². The third-order valence-corrected chi connectivity index (χ3v) is 4.49. The molecule has 1 atom stereocenters. The second-order valence-electron chi connectivity index (χ2n) is 5.50. The van der Waals surface area contributed by atoms with Crippen LogP contribution in [0.3, 0.4) is 0 Å². The molecule has 0 spiro atoms. The van der Waals surface area contributed by atoms with Gasteiger partial charge >= 0.3 is 0 Å². The number of hydrogen-bond donors (Lipinski definition) is 2. The smallest absolute Gasteiger partial charge is 0.240 e. The van der Waals surface area contributed by atoms with Gasteiger partial charge in [-0.05, 0) is 52.3 Å². The van der Waals surface area contributed by atoms with Crippen LogP contribution in [-0.4, -0.2) is 31.4 Å². The van der Waals surface area contributed by atoms with Crippen molar-refractivity contribution in [3.8, 4) is 11.5 Å². The van der Waals surface area contributed by atoms with Gasteiger partial charge in [-0.1, -0.05) is 30.3 Å². The van der Waals surface area contributed by atoms with Gasteiger partial charge in [0.15, 0.2) is 11.5 Å². The van der Waals surface area contributed by atoms with E-state index < -0.39 is 6.10 Å². The van der Waals surface area contributed by atoms with Crippen LogP contribution in [0.15, 0.2) is 47.6 Å². The summed E-state index contributed by atoms with van der Waals surface area (Å²) in [6.45, 7) is 0. The van der Waals surface area contributed by atoms with Gasteiger partial charge in [0.25, 0.3) is 0 Å². The largest absolute Gasteiger partial charge is 0.493 e. The number of methoxy groups -OCH3 is 2. The van der Waals surface area contributed by atoms with Crippen molar-refractivity contribution in [3.63, 3.8) is 0 Å². The SMILES string of the molecule is COc1cc(/C=N\NC(=O)CC[C@H](O)c2ccccc2)cc(I)c1OC. The minimum Gasteiger partial charge on any atom is -0.493 e. The molecule has 7 heteroatoms. The fourth-order valence-electron chi connectivity index (χ4n) is 2.36. The van der Waals surface area contributed by atoms with Crippen LogP contribution in [0, 0.1) is 3.57 Å². The van der Waals surface area contributed by atoms with Gasteiger partial charge < -0.3 is 14.6 Å². The molecule has 0 aliphatic rings. The molecule has 0 saturated carbocycles. The predicted octanol–water partition coefficient (Wildman–Crippen LogP) is 3.27. The third kappa shape index (κ3) is 5.70. The minimum atomic E-state index is -0.668. The molecule has 6 nitrogen and oxygen atoms in total. The average Bonchev–Trinajstić information content (AvgIpc) is 2.66. The molecule has 0 bridgehead atoms. The Balaban J connectivity index is 1.88. The quantitative estimate of drug-likeness (QED) is 0.354. The molecule has 0 heterocycles. The van der Waals surface area contributed by atoms with Gasteiger partial charge in [-0.25, -0.2) is 5.43 Å². The van der Waals surface area contributed by atoms with E-state index in [-0.39, 0.29) is 12.3 Å². The molecule has 2 aromatic rings. The second-order valence-corrected chi connectivity index (χ2v) is 6.66. The number of nitrogens with one attached hydrogen (secondary N) is 1. The van der Waals surface area contributed by atoms with Crippen LogP contribution in [0.1, 0.15) is 30.1 Å². The third-order valence-electron chi connectivity index (χ3n) is 3.69. The monoisotopic (exact) mass is 468 g/mol. The van der Waals surface area contributed by atoms with Crippen LogP contribution in [0.5, 0.6) is 11.5 Å². The van der Waals surface area contributed by atoms with E-state index in [0.717, 1.165) is 14.7 Å². The molecule has 2 aromatic carbocycles. The molecule has 26 heavy (non-hydrogen) atoms. The molecular weight excluding hydrogens is 447 g/mol. The number of benzene rings is 2. The van der Waals surface area contributed by atoms with Gasteiger partial charge in [0.2, 0.25) is 5.91 Å². The fourth-order valence-corrected chi connectivity index (χ4v) is 3.20. The Kier molecular flexibility index (Phi) is 7.86. The summed E-state index contributed by atoms with van der Waals surface area (Å²) in [6.07, 6.45) is 1.38. The fraction of sp³-hybridized carbons (Fsp3) is 0.263. The van der Waals surface area contributed by atoms with Gasteiger partial charge in [0.1, 0.15) is 0 Å². The van der Waals surface area contributed by atoms with Crippen molar-refractivity contribution in [1.82, 2.24) is 5.43 Å². The highest BCUT2D eigenvalue weighted by Gasteiger charge is 2.11. The van der Waals surface area contributed by atoms with Crippen LogP contribution < -0.4 is 14.9 Å². The molecule has 0 fully saturated rings. The number of hydrazone groups is 1. The van der Waals surface area contributed by atoms with Gasteiger partial charge in [0.05, 0.1) is 30.1 Å². The van der Waals surface area contributed by atoms with E-state index in [0.29, 0.717) is 17.9 Å². The Hall–Kier alpha value is -2.13. The molecule has 0 radical (unpaired) electrons. The molecule has 138 valence electrons. The maximum absolute atomic E-state index is 11.9. The van der Waals surface area contributed by atoms with E-state index in [1.165, 1.54) is 6.21 Å². The number of hydrogen-bond acceptors (Lipinski definition) is 5. The highest BCUT2D eigenvalue weighted by atomic mass is 127. The first-order chi connectivity index (χ1) is 12.5. The number of carbonyl (C=O) groups excluding carboxylic acids is 1. The molecular formula is C19H21IN2O4. The Labute approximate surface area is 166 Å². The molecule has 0 saturated heterocycles. The zero-order chi connectivity index (χ0) is 18.9. The summed E-state index contributed by atoms with van der Waals surface area (Å²) in [7, 11) is 3.15. The molecule has 2 N–H and O–H groups in total. The number of rotatable bonds is 8. The molecule has 0 unspecified atom stereocenters. The molecule has 2 rings (SSSR count). The Morgan fingerprint density at radius 2 is 2.00 bits per heavy atom. The van der Waals surface area contributed by atoms with Crippen molar-refractivity contribution < 1.29 is 19.4 Å². The number of amides is 1. The van der Waals surface area contributed by atoms with Crippen LogP contribution in [-0.2, 0) is 4.79 Å². The maximum Gasteiger partial charge on any atom is 0.240 e. The zero-order valence-electron chi connectivity index (χ0n) is 14.6. The first-order valence-electron chi connectivity index (χ1n) is 8.01. The second kappa shape index (κ2) is 10.1. The Morgan fingerprint density at radius 3 is 2.65 bits per heavy atom. The number of nitrogens with zero attached hydrogens (tertiary/aromatic N) is 1. The van der Waals surface area contributed by atoms with E-state index in [9.17, 15) is 9.90 Å². The normalized spacial score (nSPS) is 12.0. The lowest BCUT2D eigenvalue weighted by molar-refractivity contribution is -0.121. The first kappa shape index (κ1) is 20.2. The number of aliphatic hydroxyl groups is 1. The summed E-state index contributed by atoms with van der Waals surface area (Å²) in [5.74, 6) is 0.994. The minimum absolute atomic E-state index is 0.177. The zero-order valence-corrected chi connectivity index (χ0v) is 16.8. The van der Waals surface area contributed by atoms with E-state index in [1.54, 1.807) is 20.3 Å². The lowest BCUT2D eigenvalue weighted by atomic mass is 10.1. The van der Waals surface area contributed by atoms with E-state index >= 15 is 0 Å². The average molecular weight is 468 g/mol. The molecule has 1 amide bonds. The van der Waals surface area contributed by atoms with E-state index in [1.807, 2.05) is 36.4 Å². The van der Waals surface area contributed by atoms with Crippen LogP contribution >= 0.6 is 22.6 Å². The lowest BCUT2D eigenvalue weighted by Crippen LogP contribution is -2.18. The standard InChI is InChI=1S/C19H21IN2O4/c1-25-17-11-13(10-15(20)19(17)26-2)12-21-22-18(24)9-8-16(23)14-6-4-3-5-7-14/h3-7,10-12,16,23H,8-9H2,1-2H3,(H,22,24)/b21-12-/t16-/m0/s1. The molecule has 0 aliphatic heterocycles. The molecule has 0 aromatic heterocycles. The van der Waals surface area contributed by atoms with Crippen LogP contribution in [0.25, 0.3) is 0 Å². The van der Waals surface area contributed by atoms with Crippen molar-refractivity contribution in [3.05, 3.63) is 57.2 Å². The topological polar surface area (TPSA) is 80.2 Å². The van der Waals surface area contributed by atoms with Crippen molar-refractivity contribution in [1.29, 1.82) is 0 Å². The maximum atomic E-state index is 11.9. The van der Waals surface area contributed by atoms with Crippen molar-refractivity contribution in [2.24, 2.45) is 5.10 Å². The van der Waals surface area contributed by atoms with Crippen LogP contribution in [0.4, 0.5) is 0 Å². The van der Waals surface area contributed by atoms with Gasteiger partial charge in [-0.2, -0.15) is 5.10 Å².